The Morgan fingerprint density at radius 1 is 1.17 bits per heavy atom. The summed E-state index contributed by atoms with van der Waals surface area (Å²) in [4.78, 5) is 19.3. The van der Waals surface area contributed by atoms with Crippen LogP contribution in [0.25, 0.3) is 11.4 Å². The van der Waals surface area contributed by atoms with Gasteiger partial charge in [-0.15, -0.1) is 0 Å². The van der Waals surface area contributed by atoms with E-state index in [9.17, 15) is 4.79 Å². The molecule has 1 fully saturated rings. The van der Waals surface area contributed by atoms with Crippen LogP contribution in [0.4, 0.5) is 0 Å². The first-order chi connectivity index (χ1) is 14.2. The van der Waals surface area contributed by atoms with Crippen molar-refractivity contribution in [3.63, 3.8) is 0 Å². The van der Waals surface area contributed by atoms with E-state index in [1.807, 2.05) is 30.3 Å². The molecule has 1 saturated heterocycles. The van der Waals surface area contributed by atoms with Gasteiger partial charge in [0.15, 0.2) is 0 Å². The van der Waals surface area contributed by atoms with Gasteiger partial charge in [0.2, 0.25) is 17.6 Å². The first-order valence-electron chi connectivity index (χ1n) is 9.83. The van der Waals surface area contributed by atoms with Gasteiger partial charge >= 0.3 is 0 Å². The monoisotopic (exact) mass is 410 g/mol. The number of nitrogens with zero attached hydrogens (tertiary/aromatic N) is 3. The topological polar surface area (TPSA) is 71.3 Å². The lowest BCUT2D eigenvalue weighted by Crippen LogP contribution is -2.43. The van der Waals surface area contributed by atoms with Crippen molar-refractivity contribution in [3.05, 3.63) is 71.1 Å². The minimum Gasteiger partial charge on any atom is -0.354 e. The molecular weight excluding hydrogens is 388 g/mol. The van der Waals surface area contributed by atoms with Crippen LogP contribution >= 0.6 is 11.6 Å². The van der Waals surface area contributed by atoms with Crippen molar-refractivity contribution < 1.29 is 9.32 Å². The molecule has 2 heterocycles. The number of hydrogen-bond donors (Lipinski definition) is 1. The van der Waals surface area contributed by atoms with Gasteiger partial charge in [0.25, 0.3) is 0 Å². The fourth-order valence-corrected chi connectivity index (χ4v) is 3.74. The van der Waals surface area contributed by atoms with Gasteiger partial charge in [0.05, 0.1) is 6.04 Å². The second-order valence-electron chi connectivity index (χ2n) is 7.17. The number of amides is 1. The molecule has 0 aliphatic carbocycles. The molecule has 1 atom stereocenters. The molecule has 1 aliphatic rings. The third-order valence-corrected chi connectivity index (χ3v) is 5.36. The highest BCUT2D eigenvalue weighted by molar-refractivity contribution is 6.30. The van der Waals surface area contributed by atoms with Gasteiger partial charge in [-0.25, -0.2) is 0 Å². The molecule has 6 nitrogen and oxygen atoms in total. The van der Waals surface area contributed by atoms with Gasteiger partial charge < -0.3 is 9.84 Å². The van der Waals surface area contributed by atoms with Gasteiger partial charge in [-0.05, 0) is 49.2 Å². The van der Waals surface area contributed by atoms with E-state index in [0.717, 1.165) is 31.5 Å². The first-order valence-corrected chi connectivity index (χ1v) is 10.2. The zero-order valence-corrected chi connectivity index (χ0v) is 16.8. The Balaban J connectivity index is 1.28. The van der Waals surface area contributed by atoms with Gasteiger partial charge in [0.1, 0.15) is 0 Å². The molecule has 4 rings (SSSR count). The summed E-state index contributed by atoms with van der Waals surface area (Å²) >= 11 is 5.90. The van der Waals surface area contributed by atoms with Crippen LogP contribution in [0.15, 0.2) is 59.1 Å². The molecule has 0 radical (unpaired) electrons. The van der Waals surface area contributed by atoms with Crippen molar-refractivity contribution in [1.29, 1.82) is 0 Å². The maximum Gasteiger partial charge on any atom is 0.237 e. The Labute approximate surface area is 174 Å². The zero-order valence-electron chi connectivity index (χ0n) is 16.1. The van der Waals surface area contributed by atoms with Crippen LogP contribution in [0.2, 0.25) is 5.02 Å². The fourth-order valence-electron chi connectivity index (χ4n) is 3.61. The van der Waals surface area contributed by atoms with Crippen LogP contribution < -0.4 is 5.32 Å². The number of nitrogens with one attached hydrogen (secondary N) is 1. The number of halogens is 1. The van der Waals surface area contributed by atoms with Gasteiger partial charge in [0, 0.05) is 30.1 Å². The van der Waals surface area contributed by atoms with Crippen molar-refractivity contribution in [1.82, 2.24) is 20.4 Å². The summed E-state index contributed by atoms with van der Waals surface area (Å²) in [5.41, 5.74) is 2.07. The van der Waals surface area contributed by atoms with E-state index < -0.39 is 0 Å². The lowest BCUT2D eigenvalue weighted by molar-refractivity contribution is -0.125. The van der Waals surface area contributed by atoms with Crippen molar-refractivity contribution in [2.75, 3.05) is 13.1 Å². The normalized spacial score (nSPS) is 16.8. The highest BCUT2D eigenvalue weighted by atomic mass is 35.5. The van der Waals surface area contributed by atoms with Crippen LogP contribution in [-0.4, -0.2) is 40.1 Å². The lowest BCUT2D eigenvalue weighted by atomic mass is 10.1. The van der Waals surface area contributed by atoms with Crippen molar-refractivity contribution in [2.45, 2.75) is 31.8 Å². The largest absolute Gasteiger partial charge is 0.354 e. The summed E-state index contributed by atoms with van der Waals surface area (Å²) in [5.74, 6) is 1.09. The zero-order chi connectivity index (χ0) is 20.1. The number of rotatable bonds is 7. The molecule has 1 unspecified atom stereocenters. The highest BCUT2D eigenvalue weighted by Gasteiger charge is 2.30. The molecule has 29 heavy (non-hydrogen) atoms. The summed E-state index contributed by atoms with van der Waals surface area (Å²) in [5, 5.41) is 7.68. The number of likely N-dealkylation sites (tertiary alicyclic amines) is 1. The standard InChI is InChI=1S/C22H23ClN4O2/c23-18-10-8-17(9-11-18)21-25-20(29-26-21)12-13-24-22(28)19-7-4-14-27(19)15-16-5-2-1-3-6-16/h1-3,5-6,8-11,19H,4,7,12-15H2,(H,24,28). The Morgan fingerprint density at radius 3 is 2.76 bits per heavy atom. The van der Waals surface area contributed by atoms with E-state index in [-0.39, 0.29) is 11.9 Å². The fraction of sp³-hybridized carbons (Fsp3) is 0.318. The molecular formula is C22H23ClN4O2. The van der Waals surface area contributed by atoms with E-state index in [2.05, 4.69) is 32.5 Å². The predicted octanol–water partition coefficient (Wildman–Crippen LogP) is 3.71. The Morgan fingerprint density at radius 2 is 1.97 bits per heavy atom. The average molecular weight is 411 g/mol. The lowest BCUT2D eigenvalue weighted by Gasteiger charge is -2.23. The molecule has 0 bridgehead atoms. The van der Waals surface area contributed by atoms with E-state index in [1.54, 1.807) is 12.1 Å². The number of hydrogen-bond acceptors (Lipinski definition) is 5. The quantitative estimate of drug-likeness (QED) is 0.642. The smallest absolute Gasteiger partial charge is 0.237 e. The third-order valence-electron chi connectivity index (χ3n) is 5.10. The molecule has 1 aromatic heterocycles. The van der Waals surface area contributed by atoms with Crippen molar-refractivity contribution >= 4 is 17.5 Å². The molecule has 1 aliphatic heterocycles. The van der Waals surface area contributed by atoms with Crippen LogP contribution in [0.5, 0.6) is 0 Å². The molecule has 1 amide bonds. The third kappa shape index (κ3) is 5.02. The summed E-state index contributed by atoms with van der Waals surface area (Å²) in [6, 6.07) is 17.5. The number of benzene rings is 2. The van der Waals surface area contributed by atoms with E-state index in [4.69, 9.17) is 16.1 Å². The molecule has 7 heteroatoms. The number of carbonyl (C=O) groups excluding carboxylic acids is 1. The molecule has 0 saturated carbocycles. The second-order valence-corrected chi connectivity index (χ2v) is 7.61. The Bertz CT molecular complexity index is 943. The van der Waals surface area contributed by atoms with E-state index in [1.165, 1.54) is 5.56 Å². The van der Waals surface area contributed by atoms with Crippen LogP contribution in [0.3, 0.4) is 0 Å². The van der Waals surface area contributed by atoms with Gasteiger partial charge in [-0.2, -0.15) is 4.98 Å². The average Bonchev–Trinajstić information content (AvgIpc) is 3.39. The van der Waals surface area contributed by atoms with Crippen LogP contribution in [-0.2, 0) is 17.8 Å². The molecule has 0 spiro atoms. The van der Waals surface area contributed by atoms with Crippen molar-refractivity contribution in [2.24, 2.45) is 0 Å². The predicted molar refractivity (Wildman–Crippen MR) is 111 cm³/mol. The molecule has 150 valence electrons. The molecule has 1 N–H and O–H groups in total. The van der Waals surface area contributed by atoms with Crippen LogP contribution in [0, 0.1) is 0 Å². The van der Waals surface area contributed by atoms with Crippen molar-refractivity contribution in [3.8, 4) is 11.4 Å². The second kappa shape index (κ2) is 9.20. The summed E-state index contributed by atoms with van der Waals surface area (Å²) in [6.45, 7) is 2.21. The molecule has 3 aromatic rings. The van der Waals surface area contributed by atoms with Gasteiger partial charge in [-0.1, -0.05) is 47.1 Å². The minimum absolute atomic E-state index is 0.0656. The van der Waals surface area contributed by atoms with E-state index >= 15 is 0 Å². The number of carbonyl (C=O) groups is 1. The Kier molecular flexibility index (Phi) is 6.22. The highest BCUT2D eigenvalue weighted by Crippen LogP contribution is 2.21. The molecule has 2 aromatic carbocycles. The first kappa shape index (κ1) is 19.6. The van der Waals surface area contributed by atoms with E-state index in [0.29, 0.717) is 29.7 Å². The SMILES string of the molecule is O=C(NCCc1nc(-c2ccc(Cl)cc2)no1)C1CCCN1Cc1ccccc1. The maximum absolute atomic E-state index is 12.7. The van der Waals surface area contributed by atoms with Crippen LogP contribution in [0.1, 0.15) is 24.3 Å². The summed E-state index contributed by atoms with van der Waals surface area (Å²) in [6.07, 6.45) is 2.43. The summed E-state index contributed by atoms with van der Waals surface area (Å²) < 4.78 is 5.30. The minimum atomic E-state index is -0.0810. The Hall–Kier alpha value is -2.70. The summed E-state index contributed by atoms with van der Waals surface area (Å²) in [7, 11) is 0. The van der Waals surface area contributed by atoms with Gasteiger partial charge in [-0.3, -0.25) is 9.69 Å². The maximum atomic E-state index is 12.7. The number of aromatic nitrogens is 2.